The van der Waals surface area contributed by atoms with Gasteiger partial charge in [-0.05, 0) is 30.2 Å². The van der Waals surface area contributed by atoms with Gasteiger partial charge in [-0.25, -0.2) is 4.98 Å². The minimum absolute atomic E-state index is 0.506. The molecular formula is C14H12N2S. The Hall–Kier alpha value is -1.79. The minimum atomic E-state index is 0.506. The van der Waals surface area contributed by atoms with E-state index in [1.54, 1.807) is 18.0 Å². The summed E-state index contributed by atoms with van der Waals surface area (Å²) in [5, 5.41) is 8.94. The fourth-order valence-electron chi connectivity index (χ4n) is 1.52. The average molecular weight is 240 g/mol. The molecule has 0 unspecified atom stereocenters. The molecule has 3 heteroatoms. The van der Waals surface area contributed by atoms with E-state index in [0.717, 1.165) is 10.6 Å². The number of aryl methyl sites for hydroxylation is 1. The molecule has 0 aliphatic rings. The molecule has 0 radical (unpaired) electrons. The highest BCUT2D eigenvalue weighted by Gasteiger charge is 2.04. The van der Waals surface area contributed by atoms with Crippen LogP contribution in [0.25, 0.3) is 0 Å². The van der Waals surface area contributed by atoms with Crippen LogP contribution in [0.4, 0.5) is 0 Å². The molecule has 0 fully saturated rings. The number of hydrogen-bond donors (Lipinski definition) is 0. The Morgan fingerprint density at radius 1 is 1.24 bits per heavy atom. The summed E-state index contributed by atoms with van der Waals surface area (Å²) in [7, 11) is 0. The Balaban J connectivity index is 2.13. The van der Waals surface area contributed by atoms with Crippen LogP contribution in [-0.4, -0.2) is 4.98 Å². The number of aromatic nitrogens is 1. The van der Waals surface area contributed by atoms with Crippen molar-refractivity contribution in [2.24, 2.45) is 0 Å². The molecule has 0 saturated heterocycles. The molecule has 0 saturated carbocycles. The third-order valence-electron chi connectivity index (χ3n) is 2.52. The lowest BCUT2D eigenvalue weighted by Gasteiger charge is -2.05. The maximum atomic E-state index is 8.94. The van der Waals surface area contributed by atoms with Gasteiger partial charge in [-0.15, -0.1) is 11.8 Å². The number of hydrogen-bond acceptors (Lipinski definition) is 3. The predicted octanol–water partition coefficient (Wildman–Crippen LogP) is 3.55. The second kappa shape index (κ2) is 5.51. The third kappa shape index (κ3) is 2.86. The van der Waals surface area contributed by atoms with Crippen molar-refractivity contribution in [3.8, 4) is 6.07 Å². The highest BCUT2D eigenvalue weighted by atomic mass is 32.2. The summed E-state index contributed by atoms with van der Waals surface area (Å²) < 4.78 is 0. The van der Waals surface area contributed by atoms with Gasteiger partial charge in [0.2, 0.25) is 0 Å². The van der Waals surface area contributed by atoms with Crippen molar-refractivity contribution in [3.05, 3.63) is 59.4 Å². The van der Waals surface area contributed by atoms with Crippen molar-refractivity contribution in [3.63, 3.8) is 0 Å². The zero-order chi connectivity index (χ0) is 12.1. The maximum absolute atomic E-state index is 8.94. The van der Waals surface area contributed by atoms with Gasteiger partial charge < -0.3 is 0 Å². The first-order chi connectivity index (χ1) is 8.31. The summed E-state index contributed by atoms with van der Waals surface area (Å²) in [6.07, 6.45) is 1.65. The molecular weight excluding hydrogens is 228 g/mol. The lowest BCUT2D eigenvalue weighted by Crippen LogP contribution is -1.88. The van der Waals surface area contributed by atoms with Crippen molar-refractivity contribution in [2.75, 3.05) is 0 Å². The second-order valence-electron chi connectivity index (χ2n) is 3.68. The van der Waals surface area contributed by atoms with E-state index in [1.165, 1.54) is 11.1 Å². The molecule has 0 bridgehead atoms. The Morgan fingerprint density at radius 3 is 2.82 bits per heavy atom. The van der Waals surface area contributed by atoms with Crippen LogP contribution < -0.4 is 0 Å². The molecule has 2 aromatic rings. The van der Waals surface area contributed by atoms with Gasteiger partial charge in [-0.3, -0.25) is 0 Å². The Labute approximate surface area is 105 Å². The Morgan fingerprint density at radius 2 is 2.06 bits per heavy atom. The number of pyridine rings is 1. The molecule has 1 aromatic heterocycles. The van der Waals surface area contributed by atoms with Crippen LogP contribution in [0.1, 0.15) is 16.8 Å². The molecule has 0 aliphatic heterocycles. The van der Waals surface area contributed by atoms with Crippen molar-refractivity contribution >= 4 is 11.8 Å². The quantitative estimate of drug-likeness (QED) is 0.770. The van der Waals surface area contributed by atoms with Gasteiger partial charge in [0.1, 0.15) is 6.07 Å². The summed E-state index contributed by atoms with van der Waals surface area (Å²) in [6, 6.07) is 14.2. The van der Waals surface area contributed by atoms with Gasteiger partial charge in [0.15, 0.2) is 5.69 Å². The van der Waals surface area contributed by atoms with Crippen LogP contribution in [0, 0.1) is 18.3 Å². The first-order valence-corrected chi connectivity index (χ1v) is 6.32. The van der Waals surface area contributed by atoms with Crippen LogP contribution in [0.2, 0.25) is 0 Å². The SMILES string of the molecule is Cc1ccccc1CSc1cccnc1C#N. The summed E-state index contributed by atoms with van der Waals surface area (Å²) in [6.45, 7) is 2.10. The summed E-state index contributed by atoms with van der Waals surface area (Å²) in [5.41, 5.74) is 3.08. The first kappa shape index (κ1) is 11.7. The topological polar surface area (TPSA) is 36.7 Å². The normalized spacial score (nSPS) is 9.88. The molecule has 1 heterocycles. The molecule has 1 aromatic carbocycles. The molecule has 0 spiro atoms. The highest BCUT2D eigenvalue weighted by Crippen LogP contribution is 2.25. The lowest BCUT2D eigenvalue weighted by atomic mass is 10.1. The van der Waals surface area contributed by atoms with Gasteiger partial charge in [0.05, 0.1) is 0 Å². The largest absolute Gasteiger partial charge is 0.244 e. The van der Waals surface area contributed by atoms with Gasteiger partial charge in [-0.2, -0.15) is 5.26 Å². The zero-order valence-corrected chi connectivity index (χ0v) is 10.4. The highest BCUT2D eigenvalue weighted by molar-refractivity contribution is 7.98. The van der Waals surface area contributed by atoms with Crippen LogP contribution in [-0.2, 0) is 5.75 Å². The molecule has 0 N–H and O–H groups in total. The van der Waals surface area contributed by atoms with Crippen LogP contribution in [0.15, 0.2) is 47.5 Å². The van der Waals surface area contributed by atoms with E-state index in [0.29, 0.717) is 5.69 Å². The van der Waals surface area contributed by atoms with Gasteiger partial charge in [0, 0.05) is 16.8 Å². The van der Waals surface area contributed by atoms with E-state index in [2.05, 4.69) is 30.1 Å². The minimum Gasteiger partial charge on any atom is -0.244 e. The summed E-state index contributed by atoms with van der Waals surface area (Å²) >= 11 is 1.65. The van der Waals surface area contributed by atoms with Crippen LogP contribution in [0.5, 0.6) is 0 Å². The molecule has 17 heavy (non-hydrogen) atoms. The predicted molar refractivity (Wildman–Crippen MR) is 69.7 cm³/mol. The standard InChI is InChI=1S/C14H12N2S/c1-11-5-2-3-6-12(11)10-17-14-7-4-8-16-13(14)9-15/h2-8H,10H2,1H3. The van der Waals surface area contributed by atoms with E-state index in [4.69, 9.17) is 5.26 Å². The first-order valence-electron chi connectivity index (χ1n) is 5.33. The second-order valence-corrected chi connectivity index (χ2v) is 4.69. The van der Waals surface area contributed by atoms with E-state index in [9.17, 15) is 0 Å². The van der Waals surface area contributed by atoms with Crippen LogP contribution >= 0.6 is 11.8 Å². The number of thioether (sulfide) groups is 1. The molecule has 0 aliphatic carbocycles. The Kier molecular flexibility index (Phi) is 3.79. The lowest BCUT2D eigenvalue weighted by molar-refractivity contribution is 1.17. The maximum Gasteiger partial charge on any atom is 0.153 e. The molecule has 2 nitrogen and oxygen atoms in total. The average Bonchev–Trinajstić information content (AvgIpc) is 2.38. The smallest absolute Gasteiger partial charge is 0.153 e. The van der Waals surface area contributed by atoms with Crippen molar-refractivity contribution in [1.29, 1.82) is 5.26 Å². The number of rotatable bonds is 3. The summed E-state index contributed by atoms with van der Waals surface area (Å²) in [4.78, 5) is 4.99. The Bertz CT molecular complexity index is 558. The van der Waals surface area contributed by atoms with E-state index in [1.807, 2.05) is 24.3 Å². The van der Waals surface area contributed by atoms with Crippen molar-refractivity contribution in [2.45, 2.75) is 17.6 Å². The monoisotopic (exact) mass is 240 g/mol. The third-order valence-corrected chi connectivity index (χ3v) is 3.62. The van der Waals surface area contributed by atoms with Gasteiger partial charge >= 0.3 is 0 Å². The molecule has 0 amide bonds. The molecule has 84 valence electrons. The van der Waals surface area contributed by atoms with Crippen molar-refractivity contribution in [1.82, 2.24) is 4.98 Å². The van der Waals surface area contributed by atoms with Crippen molar-refractivity contribution < 1.29 is 0 Å². The van der Waals surface area contributed by atoms with Crippen LogP contribution in [0.3, 0.4) is 0 Å². The molecule has 2 rings (SSSR count). The number of nitrogens with zero attached hydrogens (tertiary/aromatic N) is 2. The van der Waals surface area contributed by atoms with Gasteiger partial charge in [0.25, 0.3) is 0 Å². The van der Waals surface area contributed by atoms with E-state index >= 15 is 0 Å². The zero-order valence-electron chi connectivity index (χ0n) is 9.55. The fraction of sp³-hybridized carbons (Fsp3) is 0.143. The fourth-order valence-corrected chi connectivity index (χ4v) is 2.56. The number of nitriles is 1. The van der Waals surface area contributed by atoms with E-state index < -0.39 is 0 Å². The number of benzene rings is 1. The van der Waals surface area contributed by atoms with Gasteiger partial charge in [-0.1, -0.05) is 24.3 Å². The summed E-state index contributed by atoms with van der Waals surface area (Å²) in [5.74, 6) is 0.868. The molecule has 0 atom stereocenters. The van der Waals surface area contributed by atoms with E-state index in [-0.39, 0.29) is 0 Å².